The first-order valence-electron chi connectivity index (χ1n) is 6.99. The third-order valence-corrected chi connectivity index (χ3v) is 5.41. The minimum absolute atomic E-state index is 0.0692. The lowest BCUT2D eigenvalue weighted by molar-refractivity contribution is -0.139. The zero-order valence-electron chi connectivity index (χ0n) is 12.3. The molecule has 0 spiro atoms. The van der Waals surface area contributed by atoms with Gasteiger partial charge in [-0.3, -0.25) is 9.59 Å². The van der Waals surface area contributed by atoms with Gasteiger partial charge in [-0.15, -0.1) is 11.3 Å². The largest absolute Gasteiger partial charge is 0.496 e. The molecule has 5 heteroatoms. The third-order valence-electron chi connectivity index (χ3n) is 4.30. The Hall–Kier alpha value is -2.14. The van der Waals surface area contributed by atoms with E-state index in [0.29, 0.717) is 10.6 Å². The predicted octanol–water partition coefficient (Wildman–Crippen LogP) is 3.70. The summed E-state index contributed by atoms with van der Waals surface area (Å²) < 4.78 is 6.26. The van der Waals surface area contributed by atoms with Crippen LogP contribution in [0.25, 0.3) is 16.2 Å². The molecule has 1 saturated carbocycles. The second-order valence-electron chi connectivity index (χ2n) is 5.56. The summed E-state index contributed by atoms with van der Waals surface area (Å²) in [7, 11) is 1.59. The molecule has 3 rings (SSSR count). The minimum atomic E-state index is -0.887. The summed E-state index contributed by atoms with van der Waals surface area (Å²) >= 11 is 1.38. The van der Waals surface area contributed by atoms with Gasteiger partial charge >= 0.3 is 5.97 Å². The number of carbonyl (C=O) groups excluding carboxylic acids is 1. The van der Waals surface area contributed by atoms with Gasteiger partial charge in [0, 0.05) is 16.2 Å². The van der Waals surface area contributed by atoms with Crippen molar-refractivity contribution in [3.63, 3.8) is 0 Å². The van der Waals surface area contributed by atoms with Crippen molar-refractivity contribution in [2.45, 2.75) is 6.92 Å². The molecule has 0 amide bonds. The SMILES string of the molecule is C=Cc1cc2cc(C(=O)[C@@H]3[C@H](C)[C@@H]3C(=O)O)sc2cc1OC. The molecule has 1 aliphatic carbocycles. The monoisotopic (exact) mass is 316 g/mol. The van der Waals surface area contributed by atoms with E-state index < -0.39 is 17.8 Å². The summed E-state index contributed by atoms with van der Waals surface area (Å²) in [6.07, 6.45) is 1.71. The van der Waals surface area contributed by atoms with Gasteiger partial charge in [-0.05, 0) is 29.5 Å². The van der Waals surface area contributed by atoms with E-state index in [1.165, 1.54) is 11.3 Å². The number of benzene rings is 1. The van der Waals surface area contributed by atoms with Crippen LogP contribution in [0.15, 0.2) is 24.8 Å². The molecule has 4 nitrogen and oxygen atoms in total. The van der Waals surface area contributed by atoms with Gasteiger partial charge in [0.1, 0.15) is 5.75 Å². The lowest BCUT2D eigenvalue weighted by Gasteiger charge is -2.04. The summed E-state index contributed by atoms with van der Waals surface area (Å²) in [5, 5.41) is 10.0. The Balaban J connectivity index is 1.97. The van der Waals surface area contributed by atoms with Crippen LogP contribution in [-0.2, 0) is 4.79 Å². The van der Waals surface area contributed by atoms with Crippen LogP contribution < -0.4 is 4.74 Å². The van der Waals surface area contributed by atoms with E-state index in [-0.39, 0.29) is 11.7 Å². The fourth-order valence-electron chi connectivity index (χ4n) is 2.95. The molecular formula is C17H16O4S. The fourth-order valence-corrected chi connectivity index (χ4v) is 4.01. The number of methoxy groups -OCH3 is 1. The highest BCUT2D eigenvalue weighted by atomic mass is 32.1. The van der Waals surface area contributed by atoms with E-state index in [0.717, 1.165) is 15.6 Å². The molecule has 22 heavy (non-hydrogen) atoms. The highest BCUT2D eigenvalue weighted by Crippen LogP contribution is 2.49. The normalized spacial score (nSPS) is 23.3. The smallest absolute Gasteiger partial charge is 0.307 e. The molecule has 1 N–H and O–H groups in total. The van der Waals surface area contributed by atoms with E-state index in [9.17, 15) is 9.59 Å². The summed E-state index contributed by atoms with van der Waals surface area (Å²) in [5.41, 5.74) is 0.870. The van der Waals surface area contributed by atoms with E-state index in [1.807, 2.05) is 25.1 Å². The Kier molecular flexibility index (Phi) is 3.53. The highest BCUT2D eigenvalue weighted by molar-refractivity contribution is 7.20. The zero-order valence-corrected chi connectivity index (χ0v) is 13.1. The topological polar surface area (TPSA) is 63.6 Å². The average Bonchev–Trinajstić information content (AvgIpc) is 3.00. The summed E-state index contributed by atoms with van der Waals surface area (Å²) in [6, 6.07) is 5.65. The van der Waals surface area contributed by atoms with Crippen LogP contribution in [0.5, 0.6) is 5.75 Å². The Morgan fingerprint density at radius 1 is 1.32 bits per heavy atom. The standard InChI is InChI=1S/C17H16O4S/c1-4-9-5-10-6-13(22-12(10)7-11(9)21-3)16(18)14-8(2)15(14)17(19)20/h4-8,14-15H,1H2,2-3H3,(H,19,20)/t8-,14+,15-/m0/s1. The Morgan fingerprint density at radius 2 is 2.05 bits per heavy atom. The van der Waals surface area contributed by atoms with Crippen LogP contribution in [0.3, 0.4) is 0 Å². The molecule has 1 aromatic carbocycles. The predicted molar refractivity (Wildman–Crippen MR) is 86.6 cm³/mol. The van der Waals surface area contributed by atoms with Crippen LogP contribution in [0, 0.1) is 17.8 Å². The van der Waals surface area contributed by atoms with E-state index >= 15 is 0 Å². The maximum absolute atomic E-state index is 12.5. The first-order chi connectivity index (χ1) is 10.5. The lowest BCUT2D eigenvalue weighted by Crippen LogP contribution is -2.06. The number of hydrogen-bond acceptors (Lipinski definition) is 4. The van der Waals surface area contributed by atoms with Gasteiger partial charge < -0.3 is 9.84 Å². The van der Waals surface area contributed by atoms with Gasteiger partial charge in [0.2, 0.25) is 0 Å². The zero-order chi connectivity index (χ0) is 16.0. The van der Waals surface area contributed by atoms with Gasteiger partial charge in [0.25, 0.3) is 0 Å². The van der Waals surface area contributed by atoms with Crippen molar-refractivity contribution >= 4 is 39.3 Å². The van der Waals surface area contributed by atoms with Gasteiger partial charge in [0.15, 0.2) is 5.78 Å². The number of hydrogen-bond donors (Lipinski definition) is 1. The maximum Gasteiger partial charge on any atom is 0.307 e. The van der Waals surface area contributed by atoms with Crippen molar-refractivity contribution in [2.24, 2.45) is 17.8 Å². The Labute approximate surface area is 132 Å². The number of carboxylic acid groups (broad SMARTS) is 1. The number of rotatable bonds is 5. The van der Waals surface area contributed by atoms with Crippen LogP contribution in [0.2, 0.25) is 0 Å². The van der Waals surface area contributed by atoms with E-state index in [4.69, 9.17) is 9.84 Å². The number of ketones is 1. The summed E-state index contributed by atoms with van der Waals surface area (Å²) in [5.74, 6) is -1.27. The number of aliphatic carboxylic acids is 1. The van der Waals surface area contributed by atoms with Gasteiger partial charge in [0.05, 0.1) is 17.9 Å². The van der Waals surface area contributed by atoms with Crippen molar-refractivity contribution in [1.82, 2.24) is 0 Å². The molecule has 0 radical (unpaired) electrons. The first kappa shape index (κ1) is 14.8. The molecule has 1 aliphatic rings. The molecule has 1 aromatic heterocycles. The Bertz CT molecular complexity index is 789. The van der Waals surface area contributed by atoms with Crippen molar-refractivity contribution < 1.29 is 19.4 Å². The van der Waals surface area contributed by atoms with Gasteiger partial charge in [-0.2, -0.15) is 0 Å². The second kappa shape index (κ2) is 5.25. The van der Waals surface area contributed by atoms with Crippen LogP contribution >= 0.6 is 11.3 Å². The van der Waals surface area contributed by atoms with Crippen molar-refractivity contribution in [3.8, 4) is 5.75 Å². The quantitative estimate of drug-likeness (QED) is 0.854. The van der Waals surface area contributed by atoms with Crippen molar-refractivity contribution in [2.75, 3.05) is 7.11 Å². The van der Waals surface area contributed by atoms with Crippen molar-refractivity contribution in [3.05, 3.63) is 35.2 Å². The number of thiophene rings is 1. The van der Waals surface area contributed by atoms with Gasteiger partial charge in [-0.1, -0.05) is 19.6 Å². The Morgan fingerprint density at radius 3 is 2.59 bits per heavy atom. The molecule has 0 aliphatic heterocycles. The maximum atomic E-state index is 12.5. The molecule has 1 heterocycles. The molecule has 114 valence electrons. The fraction of sp³-hybridized carbons (Fsp3) is 0.294. The molecule has 0 bridgehead atoms. The molecular weight excluding hydrogens is 300 g/mol. The van der Waals surface area contributed by atoms with Crippen LogP contribution in [-0.4, -0.2) is 24.0 Å². The van der Waals surface area contributed by atoms with Crippen LogP contribution in [0.1, 0.15) is 22.2 Å². The number of Topliss-reactive ketones (excluding diaryl/α,β-unsaturated/α-hetero) is 1. The molecule has 0 saturated heterocycles. The number of carboxylic acids is 1. The molecule has 2 aromatic rings. The number of ether oxygens (including phenoxy) is 1. The second-order valence-corrected chi connectivity index (χ2v) is 6.64. The third kappa shape index (κ3) is 2.22. The number of fused-ring (bicyclic) bond motifs is 1. The van der Waals surface area contributed by atoms with Crippen molar-refractivity contribution in [1.29, 1.82) is 0 Å². The minimum Gasteiger partial charge on any atom is -0.496 e. The summed E-state index contributed by atoms with van der Waals surface area (Å²) in [4.78, 5) is 24.2. The molecule has 3 atom stereocenters. The molecule has 0 unspecified atom stereocenters. The van der Waals surface area contributed by atoms with E-state index in [1.54, 1.807) is 13.2 Å². The highest BCUT2D eigenvalue weighted by Gasteiger charge is 2.56. The van der Waals surface area contributed by atoms with Gasteiger partial charge in [-0.25, -0.2) is 0 Å². The average molecular weight is 316 g/mol. The lowest BCUT2D eigenvalue weighted by atomic mass is 10.1. The summed E-state index contributed by atoms with van der Waals surface area (Å²) in [6.45, 7) is 5.57. The van der Waals surface area contributed by atoms with E-state index in [2.05, 4.69) is 6.58 Å². The van der Waals surface area contributed by atoms with Crippen LogP contribution in [0.4, 0.5) is 0 Å². The molecule has 1 fully saturated rings. The first-order valence-corrected chi connectivity index (χ1v) is 7.80. The number of carbonyl (C=O) groups is 2.